The Morgan fingerprint density at radius 1 is 0.857 bits per heavy atom. The van der Waals surface area contributed by atoms with Crippen LogP contribution in [-0.4, -0.2) is 0 Å². The molecule has 0 bridgehead atoms. The lowest BCUT2D eigenvalue weighted by molar-refractivity contribution is -0.139. The van der Waals surface area contributed by atoms with Gasteiger partial charge in [-0.25, -0.2) is 4.79 Å². The van der Waals surface area contributed by atoms with Gasteiger partial charge >= 0.3 is 11.8 Å². The Bertz CT molecular complexity index is 849. The number of hydrogen-bond acceptors (Lipinski definition) is 2. The van der Waals surface area contributed by atoms with Crippen molar-refractivity contribution < 1.29 is 17.6 Å². The predicted octanol–water partition coefficient (Wildman–Crippen LogP) is 4.48. The molecule has 0 N–H and O–H groups in total. The molecule has 0 atom stereocenters. The number of alkyl halides is 3. The van der Waals surface area contributed by atoms with Crippen LogP contribution < -0.4 is 5.63 Å². The van der Waals surface area contributed by atoms with Crippen LogP contribution in [0.25, 0.3) is 22.1 Å². The van der Waals surface area contributed by atoms with E-state index in [1.54, 1.807) is 30.3 Å². The Hall–Kier alpha value is -2.56. The standard InChI is InChI=1S/C16H9F3O2/c17-16(18,19)14-13(10-6-2-1-3-7-10)11-8-4-5-9-12(11)21-15(14)20/h1-9H. The summed E-state index contributed by atoms with van der Waals surface area (Å²) in [4.78, 5) is 11.8. The van der Waals surface area contributed by atoms with Crippen LogP contribution in [0.4, 0.5) is 13.2 Å². The summed E-state index contributed by atoms with van der Waals surface area (Å²) in [5.41, 5.74) is -2.33. The highest BCUT2D eigenvalue weighted by Crippen LogP contribution is 2.38. The van der Waals surface area contributed by atoms with Gasteiger partial charge in [-0.3, -0.25) is 0 Å². The highest BCUT2D eigenvalue weighted by Gasteiger charge is 2.39. The molecule has 0 spiro atoms. The molecule has 0 fully saturated rings. The van der Waals surface area contributed by atoms with Gasteiger partial charge in [0, 0.05) is 10.9 Å². The number of fused-ring (bicyclic) bond motifs is 1. The molecule has 0 radical (unpaired) electrons. The molecule has 3 aromatic rings. The summed E-state index contributed by atoms with van der Waals surface area (Å²) in [7, 11) is 0. The van der Waals surface area contributed by atoms with E-state index in [4.69, 9.17) is 4.42 Å². The van der Waals surface area contributed by atoms with Crippen LogP contribution in [0.3, 0.4) is 0 Å². The fraction of sp³-hybridized carbons (Fsp3) is 0.0625. The third-order valence-corrected chi connectivity index (χ3v) is 3.16. The molecule has 5 heteroatoms. The SMILES string of the molecule is O=c1oc2ccccc2c(-c2ccccc2)c1C(F)(F)F. The van der Waals surface area contributed by atoms with E-state index in [1.165, 1.54) is 24.3 Å². The Morgan fingerprint density at radius 2 is 1.48 bits per heavy atom. The van der Waals surface area contributed by atoms with Crippen LogP contribution in [0, 0.1) is 0 Å². The van der Waals surface area contributed by atoms with Gasteiger partial charge in [0.05, 0.1) is 0 Å². The first-order chi connectivity index (χ1) is 9.98. The topological polar surface area (TPSA) is 30.2 Å². The Morgan fingerprint density at radius 3 is 2.14 bits per heavy atom. The molecule has 0 saturated heterocycles. The van der Waals surface area contributed by atoms with Gasteiger partial charge in [0.1, 0.15) is 11.1 Å². The molecule has 1 aromatic heterocycles. The Kier molecular flexibility index (Phi) is 3.05. The monoisotopic (exact) mass is 290 g/mol. The summed E-state index contributed by atoms with van der Waals surface area (Å²) >= 11 is 0. The molecule has 21 heavy (non-hydrogen) atoms. The summed E-state index contributed by atoms with van der Waals surface area (Å²) in [6.45, 7) is 0. The zero-order valence-corrected chi connectivity index (χ0v) is 10.6. The molecule has 2 nitrogen and oxygen atoms in total. The summed E-state index contributed by atoms with van der Waals surface area (Å²) < 4.78 is 44.6. The first-order valence-electron chi connectivity index (χ1n) is 6.17. The smallest absolute Gasteiger partial charge is 0.422 e. The zero-order chi connectivity index (χ0) is 15.0. The second kappa shape index (κ2) is 4.77. The molecule has 106 valence electrons. The van der Waals surface area contributed by atoms with Gasteiger partial charge in [0.25, 0.3) is 0 Å². The zero-order valence-electron chi connectivity index (χ0n) is 10.6. The minimum Gasteiger partial charge on any atom is -0.422 e. The number of benzene rings is 2. The lowest BCUT2D eigenvalue weighted by atomic mass is 9.97. The largest absolute Gasteiger partial charge is 0.424 e. The van der Waals surface area contributed by atoms with Crippen LogP contribution in [0.15, 0.2) is 63.8 Å². The van der Waals surface area contributed by atoms with E-state index in [2.05, 4.69) is 0 Å². The van der Waals surface area contributed by atoms with E-state index < -0.39 is 17.4 Å². The van der Waals surface area contributed by atoms with E-state index in [0.717, 1.165) is 0 Å². The molecule has 0 aliphatic carbocycles. The quantitative estimate of drug-likeness (QED) is 0.619. The first kappa shape index (κ1) is 13.4. The molecule has 1 heterocycles. The fourth-order valence-electron chi connectivity index (χ4n) is 2.31. The number of halogens is 3. The molecule has 0 unspecified atom stereocenters. The van der Waals surface area contributed by atoms with Crippen molar-refractivity contribution in [3.8, 4) is 11.1 Å². The summed E-state index contributed by atoms with van der Waals surface area (Å²) in [5.74, 6) is 0. The number of rotatable bonds is 1. The molecule has 0 aliphatic rings. The van der Waals surface area contributed by atoms with Gasteiger partial charge in [-0.1, -0.05) is 48.5 Å². The van der Waals surface area contributed by atoms with Crippen molar-refractivity contribution in [2.75, 3.05) is 0 Å². The third-order valence-electron chi connectivity index (χ3n) is 3.16. The van der Waals surface area contributed by atoms with Gasteiger partial charge in [-0.2, -0.15) is 13.2 Å². The van der Waals surface area contributed by atoms with E-state index >= 15 is 0 Å². The number of para-hydroxylation sites is 1. The van der Waals surface area contributed by atoms with E-state index in [0.29, 0.717) is 5.56 Å². The summed E-state index contributed by atoms with van der Waals surface area (Å²) in [6.07, 6.45) is -4.78. The van der Waals surface area contributed by atoms with Gasteiger partial charge in [0.2, 0.25) is 0 Å². The van der Waals surface area contributed by atoms with Crippen LogP contribution in [0.2, 0.25) is 0 Å². The van der Waals surface area contributed by atoms with Crippen molar-refractivity contribution in [2.45, 2.75) is 6.18 Å². The van der Waals surface area contributed by atoms with Gasteiger partial charge in [-0.15, -0.1) is 0 Å². The second-order valence-corrected chi connectivity index (χ2v) is 4.50. The van der Waals surface area contributed by atoms with E-state index in [1.807, 2.05) is 0 Å². The maximum Gasteiger partial charge on any atom is 0.424 e. The maximum absolute atomic E-state index is 13.3. The fourth-order valence-corrected chi connectivity index (χ4v) is 2.31. The molecule has 0 amide bonds. The summed E-state index contributed by atoms with van der Waals surface area (Å²) in [5, 5.41) is 0.260. The average molecular weight is 290 g/mol. The van der Waals surface area contributed by atoms with Crippen molar-refractivity contribution in [3.05, 3.63) is 70.6 Å². The predicted molar refractivity (Wildman–Crippen MR) is 72.9 cm³/mol. The minimum absolute atomic E-state index is 0.134. The first-order valence-corrected chi connectivity index (χ1v) is 6.17. The molecule has 0 aliphatic heterocycles. The highest BCUT2D eigenvalue weighted by molar-refractivity contribution is 5.95. The Balaban J connectivity index is 2.52. The maximum atomic E-state index is 13.3. The van der Waals surface area contributed by atoms with Crippen LogP contribution in [-0.2, 0) is 6.18 Å². The van der Waals surface area contributed by atoms with Crippen molar-refractivity contribution >= 4 is 11.0 Å². The lowest BCUT2D eigenvalue weighted by Crippen LogP contribution is -2.20. The van der Waals surface area contributed by atoms with E-state index in [-0.39, 0.29) is 16.5 Å². The normalized spacial score (nSPS) is 11.8. The van der Waals surface area contributed by atoms with Crippen molar-refractivity contribution in [3.63, 3.8) is 0 Å². The Labute approximate surface area is 117 Å². The van der Waals surface area contributed by atoms with Crippen LogP contribution >= 0.6 is 0 Å². The van der Waals surface area contributed by atoms with Crippen molar-refractivity contribution in [2.24, 2.45) is 0 Å². The molecule has 2 aromatic carbocycles. The van der Waals surface area contributed by atoms with Crippen LogP contribution in [0.1, 0.15) is 5.56 Å². The number of hydrogen-bond donors (Lipinski definition) is 0. The van der Waals surface area contributed by atoms with E-state index in [9.17, 15) is 18.0 Å². The highest BCUT2D eigenvalue weighted by atomic mass is 19.4. The molecular formula is C16H9F3O2. The van der Waals surface area contributed by atoms with Gasteiger partial charge in [0.15, 0.2) is 0 Å². The van der Waals surface area contributed by atoms with Crippen molar-refractivity contribution in [1.29, 1.82) is 0 Å². The van der Waals surface area contributed by atoms with Crippen LogP contribution in [0.5, 0.6) is 0 Å². The molecule has 3 rings (SSSR count). The summed E-state index contributed by atoms with van der Waals surface area (Å²) in [6, 6.07) is 14.2. The van der Waals surface area contributed by atoms with Crippen molar-refractivity contribution in [1.82, 2.24) is 0 Å². The lowest BCUT2D eigenvalue weighted by Gasteiger charge is -2.13. The van der Waals surface area contributed by atoms with Gasteiger partial charge in [-0.05, 0) is 11.6 Å². The third kappa shape index (κ3) is 2.31. The average Bonchev–Trinajstić information content (AvgIpc) is 2.45. The minimum atomic E-state index is -4.78. The van der Waals surface area contributed by atoms with Gasteiger partial charge < -0.3 is 4.42 Å². The molecular weight excluding hydrogens is 281 g/mol. The molecule has 0 saturated carbocycles. The second-order valence-electron chi connectivity index (χ2n) is 4.50.